The first-order chi connectivity index (χ1) is 8.26. The van der Waals surface area contributed by atoms with Crippen molar-refractivity contribution in [1.82, 2.24) is 4.90 Å². The molecule has 2 nitrogen and oxygen atoms in total. The fourth-order valence-electron chi connectivity index (χ4n) is 4.12. The largest absolute Gasteiger partial charge is 0.374 e. The zero-order valence-corrected chi connectivity index (χ0v) is 12.4. The smallest absolute Gasteiger partial charge is 0.0799 e. The molecule has 0 radical (unpaired) electrons. The van der Waals surface area contributed by atoms with Crippen LogP contribution in [-0.2, 0) is 4.74 Å². The molecule has 1 aliphatic heterocycles. The third-order valence-corrected chi connectivity index (χ3v) is 5.88. The molecule has 0 spiro atoms. The predicted octanol–water partition coefficient (Wildman–Crippen LogP) is 2.91. The van der Waals surface area contributed by atoms with Crippen molar-refractivity contribution in [3.8, 4) is 0 Å². The standard InChI is InChI=1S/C14H24BrNO/c1-10-9-17-14(6-15)8-16(10)7-13-5-11-2-3-12(13)4-11/h10-14H,2-9H2,1H3. The van der Waals surface area contributed by atoms with E-state index in [2.05, 4.69) is 27.8 Å². The van der Waals surface area contributed by atoms with Crippen LogP contribution >= 0.6 is 15.9 Å². The molecule has 3 heteroatoms. The molecule has 3 aliphatic rings. The third-order valence-electron chi connectivity index (χ3n) is 5.16. The highest BCUT2D eigenvalue weighted by Crippen LogP contribution is 2.48. The second-order valence-electron chi connectivity index (χ2n) is 6.35. The molecule has 0 aromatic carbocycles. The molecule has 1 saturated heterocycles. The lowest BCUT2D eigenvalue weighted by atomic mass is 9.88. The van der Waals surface area contributed by atoms with Gasteiger partial charge in [0.15, 0.2) is 0 Å². The summed E-state index contributed by atoms with van der Waals surface area (Å²) in [5.74, 6) is 3.12. The summed E-state index contributed by atoms with van der Waals surface area (Å²) >= 11 is 3.55. The van der Waals surface area contributed by atoms with Gasteiger partial charge in [0.1, 0.15) is 0 Å². The second-order valence-corrected chi connectivity index (χ2v) is 6.99. The maximum Gasteiger partial charge on any atom is 0.0799 e. The quantitative estimate of drug-likeness (QED) is 0.743. The van der Waals surface area contributed by atoms with E-state index in [9.17, 15) is 0 Å². The van der Waals surface area contributed by atoms with E-state index in [1.165, 1.54) is 32.2 Å². The number of morpholine rings is 1. The van der Waals surface area contributed by atoms with E-state index in [0.29, 0.717) is 12.1 Å². The average molecular weight is 302 g/mol. The van der Waals surface area contributed by atoms with Crippen LogP contribution in [0.1, 0.15) is 32.6 Å². The van der Waals surface area contributed by atoms with E-state index in [-0.39, 0.29) is 0 Å². The number of hydrogen-bond donors (Lipinski definition) is 0. The van der Waals surface area contributed by atoms with Gasteiger partial charge in [-0.15, -0.1) is 0 Å². The van der Waals surface area contributed by atoms with E-state index in [4.69, 9.17) is 4.74 Å². The van der Waals surface area contributed by atoms with Crippen LogP contribution in [-0.4, -0.2) is 42.1 Å². The molecule has 0 aromatic heterocycles. The highest BCUT2D eigenvalue weighted by atomic mass is 79.9. The van der Waals surface area contributed by atoms with Crippen molar-refractivity contribution in [2.45, 2.75) is 44.8 Å². The van der Waals surface area contributed by atoms with Crippen LogP contribution in [0.4, 0.5) is 0 Å². The van der Waals surface area contributed by atoms with Crippen molar-refractivity contribution >= 4 is 15.9 Å². The Morgan fingerprint density at radius 3 is 2.82 bits per heavy atom. The lowest BCUT2D eigenvalue weighted by Crippen LogP contribution is -2.50. The van der Waals surface area contributed by atoms with Gasteiger partial charge >= 0.3 is 0 Å². The lowest BCUT2D eigenvalue weighted by Gasteiger charge is -2.40. The summed E-state index contributed by atoms with van der Waals surface area (Å²) in [5, 5.41) is 0.979. The van der Waals surface area contributed by atoms with Gasteiger partial charge in [0, 0.05) is 24.5 Å². The lowest BCUT2D eigenvalue weighted by molar-refractivity contribution is -0.0540. The van der Waals surface area contributed by atoms with Crippen molar-refractivity contribution in [1.29, 1.82) is 0 Å². The Balaban J connectivity index is 1.56. The highest BCUT2D eigenvalue weighted by Gasteiger charge is 2.41. The molecule has 3 fully saturated rings. The molecule has 0 amide bonds. The van der Waals surface area contributed by atoms with Crippen LogP contribution in [0.2, 0.25) is 0 Å². The summed E-state index contributed by atoms with van der Waals surface area (Å²) in [6.45, 7) is 5.68. The minimum atomic E-state index is 0.407. The molecule has 0 aromatic rings. The summed E-state index contributed by atoms with van der Waals surface area (Å²) in [7, 11) is 0. The summed E-state index contributed by atoms with van der Waals surface area (Å²) in [5.41, 5.74) is 0. The molecule has 3 rings (SSSR count). The maximum atomic E-state index is 5.81. The number of ether oxygens (including phenoxy) is 1. The Kier molecular flexibility index (Phi) is 3.79. The number of halogens is 1. The van der Waals surface area contributed by atoms with Crippen molar-refractivity contribution in [3.63, 3.8) is 0 Å². The minimum absolute atomic E-state index is 0.407. The number of nitrogens with zero attached hydrogens (tertiary/aromatic N) is 1. The van der Waals surface area contributed by atoms with Gasteiger partial charge in [0.25, 0.3) is 0 Å². The number of fused-ring (bicyclic) bond motifs is 2. The SMILES string of the molecule is CC1COC(CBr)CN1CC1CC2CCC1C2. The molecule has 0 N–H and O–H groups in total. The summed E-state index contributed by atoms with van der Waals surface area (Å²) in [6, 6.07) is 0.615. The Morgan fingerprint density at radius 1 is 1.29 bits per heavy atom. The van der Waals surface area contributed by atoms with Crippen molar-refractivity contribution in [2.75, 3.05) is 25.0 Å². The Morgan fingerprint density at radius 2 is 2.18 bits per heavy atom. The average Bonchev–Trinajstić information content (AvgIpc) is 2.94. The van der Waals surface area contributed by atoms with Gasteiger partial charge in [-0.3, -0.25) is 4.90 Å². The molecule has 2 aliphatic carbocycles. The monoisotopic (exact) mass is 301 g/mol. The summed E-state index contributed by atoms with van der Waals surface area (Å²) in [4.78, 5) is 2.68. The molecule has 1 heterocycles. The van der Waals surface area contributed by atoms with Crippen molar-refractivity contribution in [3.05, 3.63) is 0 Å². The van der Waals surface area contributed by atoms with Crippen LogP contribution in [0.25, 0.3) is 0 Å². The van der Waals surface area contributed by atoms with Gasteiger partial charge in [0.05, 0.1) is 12.7 Å². The highest BCUT2D eigenvalue weighted by molar-refractivity contribution is 9.09. The number of hydrogen-bond acceptors (Lipinski definition) is 2. The van der Waals surface area contributed by atoms with E-state index in [0.717, 1.165) is 36.2 Å². The third kappa shape index (κ3) is 2.57. The molecule has 5 atom stereocenters. The molecular formula is C14H24BrNO. The van der Waals surface area contributed by atoms with E-state index >= 15 is 0 Å². The zero-order valence-electron chi connectivity index (χ0n) is 10.8. The van der Waals surface area contributed by atoms with Gasteiger partial charge in [-0.25, -0.2) is 0 Å². The Labute approximate surface area is 113 Å². The maximum absolute atomic E-state index is 5.81. The number of alkyl halides is 1. The van der Waals surface area contributed by atoms with E-state index in [1.54, 1.807) is 0 Å². The topological polar surface area (TPSA) is 12.5 Å². The van der Waals surface area contributed by atoms with Crippen molar-refractivity contribution < 1.29 is 4.74 Å². The molecule has 2 saturated carbocycles. The van der Waals surface area contributed by atoms with Gasteiger partial charge in [0.2, 0.25) is 0 Å². The second kappa shape index (κ2) is 5.18. The molecule has 17 heavy (non-hydrogen) atoms. The molecule has 98 valence electrons. The van der Waals surface area contributed by atoms with Crippen LogP contribution < -0.4 is 0 Å². The van der Waals surface area contributed by atoms with Crippen LogP contribution in [0.5, 0.6) is 0 Å². The first kappa shape index (κ1) is 12.4. The molecular weight excluding hydrogens is 278 g/mol. The van der Waals surface area contributed by atoms with Gasteiger partial charge < -0.3 is 4.74 Å². The molecule has 2 bridgehead atoms. The number of rotatable bonds is 3. The first-order valence-corrected chi connectivity index (χ1v) is 8.30. The predicted molar refractivity (Wildman–Crippen MR) is 73.5 cm³/mol. The van der Waals surface area contributed by atoms with Crippen LogP contribution in [0.15, 0.2) is 0 Å². The van der Waals surface area contributed by atoms with Crippen LogP contribution in [0, 0.1) is 17.8 Å². The van der Waals surface area contributed by atoms with E-state index in [1.807, 2.05) is 0 Å². The normalized spacial score (nSPS) is 46.6. The Hall–Kier alpha value is 0.400. The fraction of sp³-hybridized carbons (Fsp3) is 1.00. The minimum Gasteiger partial charge on any atom is -0.374 e. The summed E-state index contributed by atoms with van der Waals surface area (Å²) < 4.78 is 5.81. The first-order valence-electron chi connectivity index (χ1n) is 7.18. The van der Waals surface area contributed by atoms with Crippen LogP contribution in [0.3, 0.4) is 0 Å². The van der Waals surface area contributed by atoms with Crippen molar-refractivity contribution in [2.24, 2.45) is 17.8 Å². The zero-order chi connectivity index (χ0) is 11.8. The fourth-order valence-corrected chi connectivity index (χ4v) is 4.52. The van der Waals surface area contributed by atoms with Gasteiger partial charge in [-0.1, -0.05) is 22.4 Å². The van der Waals surface area contributed by atoms with Gasteiger partial charge in [-0.2, -0.15) is 0 Å². The van der Waals surface area contributed by atoms with E-state index < -0.39 is 0 Å². The Bertz CT molecular complexity index is 273. The summed E-state index contributed by atoms with van der Waals surface area (Å²) in [6.07, 6.45) is 6.48. The molecule has 5 unspecified atom stereocenters. The van der Waals surface area contributed by atoms with Gasteiger partial charge in [-0.05, 0) is 43.9 Å².